The number of esters is 1. The van der Waals surface area contributed by atoms with E-state index in [9.17, 15) is 19.7 Å². The number of carbonyl (C=O) groups is 2. The van der Waals surface area contributed by atoms with E-state index in [2.05, 4.69) is 15.9 Å². The van der Waals surface area contributed by atoms with Crippen LogP contribution in [0.2, 0.25) is 0 Å². The third-order valence-corrected chi connectivity index (χ3v) is 2.59. The summed E-state index contributed by atoms with van der Waals surface area (Å²) in [7, 11) is 0. The Morgan fingerprint density at radius 2 is 2.24 bits per heavy atom. The number of halogens is 1. The maximum atomic E-state index is 11.5. The molecule has 0 heterocycles. The first-order chi connectivity index (χ1) is 8.01. The first-order valence-electron chi connectivity index (χ1n) is 4.61. The lowest BCUT2D eigenvalue weighted by Crippen LogP contribution is -2.07. The van der Waals surface area contributed by atoms with Crippen LogP contribution in [0.25, 0.3) is 0 Å². The van der Waals surface area contributed by atoms with Crippen LogP contribution in [0.3, 0.4) is 0 Å². The molecule has 0 aliphatic heterocycles. The number of aldehydes is 1. The average molecular weight is 302 g/mol. The Hall–Kier alpha value is -1.76. The van der Waals surface area contributed by atoms with Gasteiger partial charge in [-0.3, -0.25) is 14.9 Å². The molecule has 0 saturated carbocycles. The fourth-order valence-corrected chi connectivity index (χ4v) is 1.69. The molecule has 1 aromatic rings. The van der Waals surface area contributed by atoms with Gasteiger partial charge in [0.1, 0.15) is 0 Å². The molecule has 0 fully saturated rings. The van der Waals surface area contributed by atoms with Gasteiger partial charge in [-0.05, 0) is 28.9 Å². The van der Waals surface area contributed by atoms with Crippen LogP contribution < -0.4 is 0 Å². The predicted molar refractivity (Wildman–Crippen MR) is 62.1 cm³/mol. The standard InChI is InChI=1S/C10H8BrNO5/c1-2-17-10(14)7-3-6(5-13)9(12(15)16)4-8(7)11/h3-5H,2H2,1H3. The van der Waals surface area contributed by atoms with E-state index in [-0.39, 0.29) is 27.9 Å². The van der Waals surface area contributed by atoms with E-state index in [1.807, 2.05) is 0 Å². The number of nitro groups is 1. The molecule has 0 amide bonds. The molecule has 90 valence electrons. The Morgan fingerprint density at radius 1 is 1.59 bits per heavy atom. The van der Waals surface area contributed by atoms with Crippen molar-refractivity contribution < 1.29 is 19.2 Å². The Labute approximate surface area is 105 Å². The van der Waals surface area contributed by atoms with Crippen molar-refractivity contribution in [2.75, 3.05) is 6.61 Å². The highest BCUT2D eigenvalue weighted by Crippen LogP contribution is 2.27. The van der Waals surface area contributed by atoms with Gasteiger partial charge in [0, 0.05) is 10.5 Å². The second-order valence-electron chi connectivity index (χ2n) is 2.99. The molecule has 0 aliphatic rings. The van der Waals surface area contributed by atoms with Crippen molar-refractivity contribution in [1.29, 1.82) is 0 Å². The summed E-state index contributed by atoms with van der Waals surface area (Å²) in [6, 6.07) is 2.24. The van der Waals surface area contributed by atoms with Crippen molar-refractivity contribution in [3.63, 3.8) is 0 Å². The average Bonchev–Trinajstić information content (AvgIpc) is 2.28. The van der Waals surface area contributed by atoms with Crippen LogP contribution in [0.5, 0.6) is 0 Å². The minimum absolute atomic E-state index is 0.0829. The Balaban J connectivity index is 3.32. The Kier molecular flexibility index (Phi) is 4.33. The summed E-state index contributed by atoms with van der Waals surface area (Å²) in [5, 5.41) is 10.6. The van der Waals surface area contributed by atoms with Gasteiger partial charge in [-0.25, -0.2) is 4.79 Å². The first-order valence-corrected chi connectivity index (χ1v) is 5.40. The molecule has 0 spiro atoms. The number of hydrogen-bond acceptors (Lipinski definition) is 5. The molecule has 0 bridgehead atoms. The summed E-state index contributed by atoms with van der Waals surface area (Å²) in [5.74, 6) is -0.641. The highest BCUT2D eigenvalue weighted by molar-refractivity contribution is 9.10. The van der Waals surface area contributed by atoms with E-state index >= 15 is 0 Å². The van der Waals surface area contributed by atoms with Gasteiger partial charge in [0.25, 0.3) is 5.69 Å². The predicted octanol–water partition coefficient (Wildman–Crippen LogP) is 2.35. The van der Waals surface area contributed by atoms with Crippen LogP contribution in [0.15, 0.2) is 16.6 Å². The first kappa shape index (κ1) is 13.3. The molecule has 0 aliphatic carbocycles. The van der Waals surface area contributed by atoms with Gasteiger partial charge in [-0.15, -0.1) is 0 Å². The van der Waals surface area contributed by atoms with Crippen LogP contribution in [0.4, 0.5) is 5.69 Å². The van der Waals surface area contributed by atoms with Gasteiger partial charge in [-0.2, -0.15) is 0 Å². The van der Waals surface area contributed by atoms with E-state index in [0.29, 0.717) is 6.29 Å². The van der Waals surface area contributed by atoms with Gasteiger partial charge in [0.05, 0.1) is 22.7 Å². The van der Waals surface area contributed by atoms with Crippen molar-refractivity contribution >= 4 is 33.9 Å². The molecular formula is C10H8BrNO5. The normalized spacial score (nSPS) is 9.76. The number of rotatable bonds is 4. The molecule has 0 atom stereocenters. The van der Waals surface area contributed by atoms with Gasteiger partial charge in [0.2, 0.25) is 0 Å². The molecule has 17 heavy (non-hydrogen) atoms. The number of ether oxygens (including phenoxy) is 1. The number of carbonyl (C=O) groups excluding carboxylic acids is 2. The van der Waals surface area contributed by atoms with Gasteiger partial charge >= 0.3 is 5.97 Å². The molecular weight excluding hydrogens is 294 g/mol. The number of hydrogen-bond donors (Lipinski definition) is 0. The Morgan fingerprint density at radius 3 is 2.71 bits per heavy atom. The molecule has 1 aromatic carbocycles. The number of benzene rings is 1. The van der Waals surface area contributed by atoms with Gasteiger partial charge in [-0.1, -0.05) is 0 Å². The lowest BCUT2D eigenvalue weighted by molar-refractivity contribution is -0.385. The maximum Gasteiger partial charge on any atom is 0.339 e. The van der Waals surface area contributed by atoms with Crippen molar-refractivity contribution in [2.24, 2.45) is 0 Å². The highest BCUT2D eigenvalue weighted by Gasteiger charge is 2.20. The summed E-state index contributed by atoms with van der Waals surface area (Å²) in [5.41, 5.74) is -0.444. The fraction of sp³-hybridized carbons (Fsp3) is 0.200. The minimum Gasteiger partial charge on any atom is -0.462 e. The van der Waals surface area contributed by atoms with E-state index in [4.69, 9.17) is 4.74 Å². The molecule has 0 radical (unpaired) electrons. The van der Waals surface area contributed by atoms with Crippen LogP contribution in [-0.2, 0) is 4.74 Å². The second-order valence-corrected chi connectivity index (χ2v) is 3.84. The molecule has 0 aromatic heterocycles. The second kappa shape index (κ2) is 5.53. The lowest BCUT2D eigenvalue weighted by Gasteiger charge is -2.05. The molecule has 0 unspecified atom stereocenters. The monoisotopic (exact) mass is 301 g/mol. The maximum absolute atomic E-state index is 11.5. The largest absolute Gasteiger partial charge is 0.462 e. The van der Waals surface area contributed by atoms with E-state index in [0.717, 1.165) is 12.1 Å². The topological polar surface area (TPSA) is 86.5 Å². The summed E-state index contributed by atoms with van der Waals surface area (Å²) in [6.07, 6.45) is 0.327. The summed E-state index contributed by atoms with van der Waals surface area (Å²) in [4.78, 5) is 32.1. The zero-order valence-corrected chi connectivity index (χ0v) is 10.4. The minimum atomic E-state index is -0.691. The van der Waals surface area contributed by atoms with Crippen molar-refractivity contribution in [2.45, 2.75) is 6.92 Å². The van der Waals surface area contributed by atoms with Crippen LogP contribution in [0.1, 0.15) is 27.6 Å². The molecule has 0 saturated heterocycles. The van der Waals surface area contributed by atoms with Crippen molar-refractivity contribution in [3.05, 3.63) is 37.8 Å². The lowest BCUT2D eigenvalue weighted by atomic mass is 10.1. The fourth-order valence-electron chi connectivity index (χ4n) is 1.20. The number of nitrogens with zero attached hydrogens (tertiary/aromatic N) is 1. The zero-order chi connectivity index (χ0) is 13.0. The van der Waals surface area contributed by atoms with E-state index in [1.54, 1.807) is 6.92 Å². The summed E-state index contributed by atoms with van der Waals surface area (Å²) >= 11 is 3.03. The zero-order valence-electron chi connectivity index (χ0n) is 8.81. The van der Waals surface area contributed by atoms with Crippen molar-refractivity contribution in [1.82, 2.24) is 0 Å². The quantitative estimate of drug-likeness (QED) is 0.369. The Bertz CT molecular complexity index is 486. The highest BCUT2D eigenvalue weighted by atomic mass is 79.9. The smallest absolute Gasteiger partial charge is 0.339 e. The van der Waals surface area contributed by atoms with Crippen molar-refractivity contribution in [3.8, 4) is 0 Å². The summed E-state index contributed by atoms with van der Waals surface area (Å²) in [6.45, 7) is 1.82. The molecule has 1 rings (SSSR count). The van der Waals surface area contributed by atoms with Gasteiger partial charge < -0.3 is 4.74 Å². The van der Waals surface area contributed by atoms with Gasteiger partial charge in [0.15, 0.2) is 6.29 Å². The SMILES string of the molecule is CCOC(=O)c1cc(C=O)c([N+](=O)[O-])cc1Br. The van der Waals surface area contributed by atoms with E-state index < -0.39 is 10.9 Å². The number of nitro benzene ring substituents is 1. The third kappa shape index (κ3) is 2.88. The van der Waals surface area contributed by atoms with Crippen LogP contribution in [0, 0.1) is 10.1 Å². The summed E-state index contributed by atoms with van der Waals surface area (Å²) < 4.78 is 4.97. The third-order valence-electron chi connectivity index (χ3n) is 1.94. The molecule has 6 nitrogen and oxygen atoms in total. The molecule has 0 N–H and O–H groups in total. The van der Waals surface area contributed by atoms with Crippen LogP contribution in [-0.4, -0.2) is 23.8 Å². The molecule has 7 heteroatoms. The van der Waals surface area contributed by atoms with Crippen LogP contribution >= 0.6 is 15.9 Å². The van der Waals surface area contributed by atoms with E-state index in [1.165, 1.54) is 0 Å².